The van der Waals surface area contributed by atoms with E-state index in [0.717, 1.165) is 12.8 Å². The van der Waals surface area contributed by atoms with Crippen LogP contribution in [-0.4, -0.2) is 38.4 Å². The standard InChI is InChI=1S/C19H26N4O4/c20-11-4-12-14-15(16(11)27-12)18(26)23(17(14)25)7-13(24)22-19-5-8-1-9(6-19)3-10(2-8)21-19/h8-12,16,21,25-26H,1-7,20H2,(H,22,24). The van der Waals surface area contributed by atoms with Crippen molar-refractivity contribution in [2.45, 2.75) is 75.0 Å². The van der Waals surface area contributed by atoms with E-state index in [-0.39, 0.29) is 42.0 Å². The average molecular weight is 374 g/mol. The SMILES string of the molecule is NC1CC2OC1c1c2c(O)n(CC(=O)NC23CC4CC(CC(C4)N2)C3)c1O. The van der Waals surface area contributed by atoms with Crippen molar-refractivity contribution >= 4 is 5.91 Å². The molecule has 27 heavy (non-hydrogen) atoms. The molecule has 1 aromatic rings. The second kappa shape index (κ2) is 5.18. The second-order valence-electron chi connectivity index (χ2n) is 9.32. The summed E-state index contributed by atoms with van der Waals surface area (Å²) in [6, 6.07) is 0.316. The lowest BCUT2D eigenvalue weighted by atomic mass is 9.62. The molecule has 6 aliphatic rings. The molecule has 5 unspecified atom stereocenters. The first-order valence-electron chi connectivity index (χ1n) is 10.1. The Bertz CT molecular complexity index is 799. The number of rotatable bonds is 3. The summed E-state index contributed by atoms with van der Waals surface area (Å²) in [7, 11) is 0. The number of hydrogen-bond donors (Lipinski definition) is 5. The lowest BCUT2D eigenvalue weighted by Crippen LogP contribution is -2.71. The van der Waals surface area contributed by atoms with Gasteiger partial charge in [-0.2, -0.15) is 0 Å². The third-order valence-electron chi connectivity index (χ3n) is 7.41. The molecule has 0 aromatic carbocycles. The first kappa shape index (κ1) is 16.2. The molecular weight excluding hydrogens is 348 g/mol. The van der Waals surface area contributed by atoms with Gasteiger partial charge in [0.25, 0.3) is 0 Å². The van der Waals surface area contributed by atoms with Crippen LogP contribution in [0.1, 0.15) is 61.9 Å². The number of hydrogen-bond acceptors (Lipinski definition) is 6. The Morgan fingerprint density at radius 2 is 1.89 bits per heavy atom. The van der Waals surface area contributed by atoms with Crippen molar-refractivity contribution in [1.82, 2.24) is 15.2 Å². The van der Waals surface area contributed by atoms with Gasteiger partial charge in [-0.25, -0.2) is 0 Å². The number of aromatic hydroxyl groups is 2. The Morgan fingerprint density at radius 1 is 1.19 bits per heavy atom. The zero-order chi connectivity index (χ0) is 18.5. The van der Waals surface area contributed by atoms with Crippen LogP contribution in [0.2, 0.25) is 0 Å². The number of nitrogens with two attached hydrogens (primary N) is 1. The summed E-state index contributed by atoms with van der Waals surface area (Å²) in [6.07, 6.45) is 5.58. The molecule has 7 rings (SSSR count). The van der Waals surface area contributed by atoms with E-state index in [1.54, 1.807) is 0 Å². The van der Waals surface area contributed by atoms with Gasteiger partial charge in [0.05, 0.1) is 22.9 Å². The summed E-state index contributed by atoms with van der Waals surface area (Å²) in [6.45, 7) is -0.108. The monoisotopic (exact) mass is 374 g/mol. The molecule has 6 bridgehead atoms. The van der Waals surface area contributed by atoms with Crippen LogP contribution < -0.4 is 16.4 Å². The molecule has 6 N–H and O–H groups in total. The number of nitrogens with one attached hydrogen (secondary N) is 2. The fourth-order valence-electron chi connectivity index (χ4n) is 6.73. The molecule has 1 amide bonds. The van der Waals surface area contributed by atoms with Crippen LogP contribution >= 0.6 is 0 Å². The molecule has 4 aliphatic heterocycles. The molecule has 8 heteroatoms. The normalized spacial score (nSPS) is 43.3. The lowest BCUT2D eigenvalue weighted by molar-refractivity contribution is -0.128. The van der Waals surface area contributed by atoms with E-state index >= 15 is 0 Å². The van der Waals surface area contributed by atoms with E-state index in [2.05, 4.69) is 10.6 Å². The molecule has 5 atom stereocenters. The number of ether oxygens (including phenoxy) is 1. The van der Waals surface area contributed by atoms with E-state index in [1.165, 1.54) is 23.8 Å². The van der Waals surface area contributed by atoms with E-state index in [4.69, 9.17) is 10.5 Å². The molecule has 2 saturated carbocycles. The minimum Gasteiger partial charge on any atom is -0.494 e. The highest BCUT2D eigenvalue weighted by Gasteiger charge is 2.52. The van der Waals surface area contributed by atoms with Crippen molar-refractivity contribution in [3.63, 3.8) is 0 Å². The number of aromatic nitrogens is 1. The highest BCUT2D eigenvalue weighted by molar-refractivity contribution is 5.77. The Kier molecular flexibility index (Phi) is 3.11. The van der Waals surface area contributed by atoms with Crippen molar-refractivity contribution < 1.29 is 19.7 Å². The van der Waals surface area contributed by atoms with Gasteiger partial charge in [0.2, 0.25) is 17.7 Å². The second-order valence-corrected chi connectivity index (χ2v) is 9.32. The first-order chi connectivity index (χ1) is 12.9. The lowest BCUT2D eigenvalue weighted by Gasteiger charge is -2.57. The zero-order valence-corrected chi connectivity index (χ0v) is 15.1. The van der Waals surface area contributed by atoms with Gasteiger partial charge < -0.3 is 26.0 Å². The Labute approximate surface area is 157 Å². The predicted octanol–water partition coefficient (Wildman–Crippen LogP) is 0.737. The maximum atomic E-state index is 12.8. The van der Waals surface area contributed by atoms with Crippen molar-refractivity contribution in [1.29, 1.82) is 0 Å². The van der Waals surface area contributed by atoms with Gasteiger partial charge in [0.1, 0.15) is 12.6 Å². The predicted molar refractivity (Wildman–Crippen MR) is 94.8 cm³/mol. The van der Waals surface area contributed by atoms with E-state index < -0.39 is 6.10 Å². The molecule has 2 aliphatic carbocycles. The Balaban J connectivity index is 1.24. The molecule has 5 heterocycles. The minimum atomic E-state index is -0.398. The van der Waals surface area contributed by atoms with Gasteiger partial charge in [-0.15, -0.1) is 0 Å². The summed E-state index contributed by atoms with van der Waals surface area (Å²) >= 11 is 0. The molecule has 146 valence electrons. The zero-order valence-electron chi connectivity index (χ0n) is 15.1. The van der Waals surface area contributed by atoms with Crippen LogP contribution in [0.15, 0.2) is 0 Å². The van der Waals surface area contributed by atoms with Gasteiger partial charge in [0, 0.05) is 12.1 Å². The third kappa shape index (κ3) is 2.17. The van der Waals surface area contributed by atoms with E-state index in [9.17, 15) is 15.0 Å². The maximum Gasteiger partial charge on any atom is 0.241 e. The number of nitrogens with zero attached hydrogens (tertiary/aromatic N) is 1. The molecule has 3 saturated heterocycles. The van der Waals surface area contributed by atoms with E-state index in [1.807, 2.05) is 0 Å². The summed E-state index contributed by atoms with van der Waals surface area (Å²) in [5, 5.41) is 28.1. The van der Waals surface area contributed by atoms with Gasteiger partial charge in [-0.05, 0) is 50.4 Å². The first-order valence-corrected chi connectivity index (χ1v) is 10.1. The highest BCUT2D eigenvalue weighted by Crippen LogP contribution is 2.57. The topological polar surface area (TPSA) is 122 Å². The number of carbonyl (C=O) groups is 1. The molecule has 5 fully saturated rings. The van der Waals surface area contributed by atoms with Crippen LogP contribution in [-0.2, 0) is 16.1 Å². The smallest absolute Gasteiger partial charge is 0.241 e. The van der Waals surface area contributed by atoms with Gasteiger partial charge in [-0.1, -0.05) is 0 Å². The molecule has 0 radical (unpaired) electrons. The third-order valence-corrected chi connectivity index (χ3v) is 7.41. The molecule has 1 aromatic heterocycles. The minimum absolute atomic E-state index is 0.0736. The fourth-order valence-corrected chi connectivity index (χ4v) is 6.73. The van der Waals surface area contributed by atoms with Gasteiger partial charge >= 0.3 is 0 Å². The number of carbonyl (C=O) groups excluding carboxylic acids is 1. The Hall–Kier alpha value is -1.77. The van der Waals surface area contributed by atoms with Gasteiger partial charge in [-0.3, -0.25) is 14.7 Å². The summed E-state index contributed by atoms with van der Waals surface area (Å²) in [4.78, 5) is 12.8. The van der Waals surface area contributed by atoms with Gasteiger partial charge in [0.15, 0.2) is 0 Å². The summed E-state index contributed by atoms with van der Waals surface area (Å²) < 4.78 is 7.03. The summed E-state index contributed by atoms with van der Waals surface area (Å²) in [5.74, 6) is 1.02. The fraction of sp³-hybridized carbons (Fsp3) is 0.737. The number of amides is 1. The molecule has 8 nitrogen and oxygen atoms in total. The quantitative estimate of drug-likeness (QED) is 0.532. The van der Waals surface area contributed by atoms with Crippen LogP contribution in [0.3, 0.4) is 0 Å². The van der Waals surface area contributed by atoms with Crippen LogP contribution in [0.25, 0.3) is 0 Å². The van der Waals surface area contributed by atoms with Crippen LogP contribution in [0.5, 0.6) is 11.8 Å². The summed E-state index contributed by atoms with van der Waals surface area (Å²) in [5.41, 5.74) is 6.87. The van der Waals surface area contributed by atoms with Crippen LogP contribution in [0.4, 0.5) is 0 Å². The van der Waals surface area contributed by atoms with Crippen molar-refractivity contribution in [2.24, 2.45) is 17.6 Å². The number of fused-ring (bicyclic) bond motifs is 5. The molecular formula is C19H26N4O4. The van der Waals surface area contributed by atoms with E-state index in [0.29, 0.717) is 35.4 Å². The maximum absolute atomic E-state index is 12.8. The largest absolute Gasteiger partial charge is 0.494 e. The Morgan fingerprint density at radius 3 is 2.59 bits per heavy atom. The molecule has 0 spiro atoms. The van der Waals surface area contributed by atoms with Crippen molar-refractivity contribution in [2.75, 3.05) is 0 Å². The highest BCUT2D eigenvalue weighted by atomic mass is 16.5. The van der Waals surface area contributed by atoms with Crippen molar-refractivity contribution in [3.8, 4) is 11.8 Å². The van der Waals surface area contributed by atoms with Crippen molar-refractivity contribution in [3.05, 3.63) is 11.1 Å². The van der Waals surface area contributed by atoms with Crippen LogP contribution in [0, 0.1) is 11.8 Å². The average Bonchev–Trinajstić information content (AvgIpc) is 3.20. The number of piperidine rings is 2.